The number of amides is 1. The third kappa shape index (κ3) is 3.53. The number of nitrogens with zero attached hydrogens (tertiary/aromatic N) is 3. The number of carbonyl (C=O) groups is 1. The highest BCUT2D eigenvalue weighted by atomic mass is 16.6. The molecule has 0 radical (unpaired) electrons. The number of carbonyl (C=O) groups excluding carboxylic acids is 1. The monoisotopic (exact) mass is 291 g/mol. The molecule has 1 heterocycles. The molecule has 1 amide bonds. The molecule has 3 N–H and O–H groups in total. The average molecular weight is 291 g/mol. The van der Waals surface area contributed by atoms with Gasteiger partial charge in [0.25, 0.3) is 11.6 Å². The molecule has 2 rings (SSSR count). The van der Waals surface area contributed by atoms with Gasteiger partial charge in [0.05, 0.1) is 4.92 Å². The first kappa shape index (κ1) is 14.4. The van der Waals surface area contributed by atoms with E-state index >= 15 is 0 Å². The molecule has 0 saturated heterocycles. The van der Waals surface area contributed by atoms with Crippen molar-refractivity contribution >= 4 is 17.3 Å². The van der Waals surface area contributed by atoms with Crippen molar-refractivity contribution in [3.05, 3.63) is 45.6 Å². The summed E-state index contributed by atoms with van der Waals surface area (Å²) in [6.45, 7) is 1.99. The quantitative estimate of drug-likeness (QED) is 0.473. The number of rotatable bonds is 5. The summed E-state index contributed by atoms with van der Waals surface area (Å²) in [7, 11) is 0. The van der Waals surface area contributed by atoms with E-state index in [0.29, 0.717) is 24.7 Å². The molecule has 0 aliphatic heterocycles. The van der Waals surface area contributed by atoms with Gasteiger partial charge in [0, 0.05) is 31.5 Å². The summed E-state index contributed by atoms with van der Waals surface area (Å²) < 4.78 is 4.80. The smallest absolute Gasteiger partial charge is 0.292 e. The number of aromatic nitrogens is 2. The Morgan fingerprint density at radius 2 is 2.29 bits per heavy atom. The second-order valence-electron chi connectivity index (χ2n) is 4.27. The van der Waals surface area contributed by atoms with Gasteiger partial charge in [0.2, 0.25) is 5.89 Å². The Labute approximate surface area is 119 Å². The molecule has 9 nitrogen and oxygen atoms in total. The van der Waals surface area contributed by atoms with E-state index in [4.69, 9.17) is 10.3 Å². The summed E-state index contributed by atoms with van der Waals surface area (Å²) in [6, 6.07) is 3.82. The standard InChI is InChI=1S/C12H13N5O4/c1-7-15-11(16-21-7)4-5-14-12(18)8-2-3-10(17(19)20)9(13)6-8/h2-3,6H,4-5,13H2,1H3,(H,14,18). The summed E-state index contributed by atoms with van der Waals surface area (Å²) in [5.74, 6) is 0.576. The fraction of sp³-hybridized carbons (Fsp3) is 0.250. The van der Waals surface area contributed by atoms with Crippen molar-refractivity contribution in [3.8, 4) is 0 Å². The van der Waals surface area contributed by atoms with Crippen LogP contribution >= 0.6 is 0 Å². The van der Waals surface area contributed by atoms with Crippen LogP contribution in [0.4, 0.5) is 11.4 Å². The first-order valence-corrected chi connectivity index (χ1v) is 6.08. The van der Waals surface area contributed by atoms with Gasteiger partial charge < -0.3 is 15.6 Å². The summed E-state index contributed by atoms with van der Waals surface area (Å²) >= 11 is 0. The molecule has 0 bridgehead atoms. The summed E-state index contributed by atoms with van der Waals surface area (Å²) in [5, 5.41) is 17.0. The predicted molar refractivity (Wildman–Crippen MR) is 72.6 cm³/mol. The summed E-state index contributed by atoms with van der Waals surface area (Å²) in [4.78, 5) is 25.9. The first-order valence-electron chi connectivity index (χ1n) is 6.08. The van der Waals surface area contributed by atoms with Crippen LogP contribution in [0.25, 0.3) is 0 Å². The highest BCUT2D eigenvalue weighted by molar-refractivity contribution is 5.95. The number of nitrogen functional groups attached to an aromatic ring is 1. The van der Waals surface area contributed by atoms with Gasteiger partial charge in [-0.15, -0.1) is 0 Å². The fourth-order valence-electron chi connectivity index (χ4n) is 1.69. The van der Waals surface area contributed by atoms with E-state index in [1.807, 2.05) is 0 Å². The van der Waals surface area contributed by atoms with Crippen LogP contribution in [-0.2, 0) is 6.42 Å². The SMILES string of the molecule is Cc1nc(CCNC(=O)c2ccc([N+](=O)[O-])c(N)c2)no1. The third-order valence-electron chi connectivity index (χ3n) is 2.69. The zero-order valence-corrected chi connectivity index (χ0v) is 11.2. The van der Waals surface area contributed by atoms with Crippen molar-refractivity contribution in [1.29, 1.82) is 0 Å². The number of anilines is 1. The van der Waals surface area contributed by atoms with Crippen LogP contribution in [0.3, 0.4) is 0 Å². The van der Waals surface area contributed by atoms with Gasteiger partial charge in [-0.25, -0.2) is 0 Å². The van der Waals surface area contributed by atoms with Crippen molar-refractivity contribution in [2.24, 2.45) is 0 Å². The number of nitro benzene ring substituents is 1. The Kier molecular flexibility index (Phi) is 4.12. The molecule has 0 aliphatic carbocycles. The van der Waals surface area contributed by atoms with Crippen molar-refractivity contribution in [2.75, 3.05) is 12.3 Å². The van der Waals surface area contributed by atoms with Crippen molar-refractivity contribution in [1.82, 2.24) is 15.5 Å². The van der Waals surface area contributed by atoms with Crippen LogP contribution in [0.2, 0.25) is 0 Å². The van der Waals surface area contributed by atoms with Crippen LogP contribution in [-0.4, -0.2) is 27.5 Å². The number of hydrogen-bond acceptors (Lipinski definition) is 7. The Balaban J connectivity index is 1.94. The number of aryl methyl sites for hydroxylation is 1. The molecule has 0 spiro atoms. The van der Waals surface area contributed by atoms with E-state index in [9.17, 15) is 14.9 Å². The number of nitrogens with two attached hydrogens (primary N) is 1. The second-order valence-corrected chi connectivity index (χ2v) is 4.27. The highest BCUT2D eigenvalue weighted by Crippen LogP contribution is 2.21. The minimum atomic E-state index is -0.602. The topological polar surface area (TPSA) is 137 Å². The summed E-state index contributed by atoms with van der Waals surface area (Å²) in [5.41, 5.74) is 5.50. The molecule has 1 aromatic heterocycles. The molecule has 0 atom stereocenters. The molecule has 110 valence electrons. The highest BCUT2D eigenvalue weighted by Gasteiger charge is 2.14. The molecule has 9 heteroatoms. The van der Waals surface area contributed by atoms with Gasteiger partial charge in [-0.3, -0.25) is 14.9 Å². The predicted octanol–water partition coefficient (Wildman–Crippen LogP) is 0.841. The minimum absolute atomic E-state index is 0.0542. The van der Waals surface area contributed by atoms with Gasteiger partial charge in [0.15, 0.2) is 5.82 Å². The average Bonchev–Trinajstić information content (AvgIpc) is 2.83. The Morgan fingerprint density at radius 1 is 1.52 bits per heavy atom. The maximum atomic E-state index is 11.9. The van der Waals surface area contributed by atoms with E-state index in [1.54, 1.807) is 6.92 Å². The van der Waals surface area contributed by atoms with Gasteiger partial charge in [-0.2, -0.15) is 4.98 Å². The number of nitrogens with one attached hydrogen (secondary N) is 1. The maximum Gasteiger partial charge on any atom is 0.292 e. The molecule has 0 saturated carbocycles. The van der Waals surface area contributed by atoms with Gasteiger partial charge >= 0.3 is 0 Å². The molecule has 2 aromatic rings. The van der Waals surface area contributed by atoms with Gasteiger partial charge in [-0.05, 0) is 12.1 Å². The first-order chi connectivity index (χ1) is 9.97. The zero-order valence-electron chi connectivity index (χ0n) is 11.2. The lowest BCUT2D eigenvalue weighted by Crippen LogP contribution is -2.26. The largest absolute Gasteiger partial charge is 0.393 e. The molecule has 0 aliphatic rings. The molecule has 1 aromatic carbocycles. The lowest BCUT2D eigenvalue weighted by Gasteiger charge is -2.04. The fourth-order valence-corrected chi connectivity index (χ4v) is 1.69. The van der Waals surface area contributed by atoms with Gasteiger partial charge in [0.1, 0.15) is 5.69 Å². The van der Waals surface area contributed by atoms with Gasteiger partial charge in [-0.1, -0.05) is 5.16 Å². The normalized spacial score (nSPS) is 10.3. The Morgan fingerprint density at radius 3 is 2.86 bits per heavy atom. The van der Waals surface area contributed by atoms with Crippen LogP contribution < -0.4 is 11.1 Å². The van der Waals surface area contributed by atoms with E-state index in [1.165, 1.54) is 18.2 Å². The number of hydrogen-bond donors (Lipinski definition) is 2. The Hall–Kier alpha value is -2.97. The number of benzene rings is 1. The maximum absolute atomic E-state index is 11.9. The summed E-state index contributed by atoms with van der Waals surface area (Å²) in [6.07, 6.45) is 0.422. The lowest BCUT2D eigenvalue weighted by atomic mass is 10.1. The van der Waals surface area contributed by atoms with Crippen molar-refractivity contribution in [2.45, 2.75) is 13.3 Å². The van der Waals surface area contributed by atoms with Crippen LogP contribution in [0.5, 0.6) is 0 Å². The lowest BCUT2D eigenvalue weighted by molar-refractivity contribution is -0.383. The van der Waals surface area contributed by atoms with Crippen LogP contribution in [0, 0.1) is 17.0 Å². The number of nitro groups is 1. The molecular weight excluding hydrogens is 278 g/mol. The molecule has 0 fully saturated rings. The van der Waals surface area contributed by atoms with E-state index < -0.39 is 4.92 Å². The third-order valence-corrected chi connectivity index (χ3v) is 2.69. The minimum Gasteiger partial charge on any atom is -0.393 e. The second kappa shape index (κ2) is 5.99. The van der Waals surface area contributed by atoms with E-state index in [2.05, 4.69) is 15.5 Å². The zero-order chi connectivity index (χ0) is 15.4. The molecule has 0 unspecified atom stereocenters. The Bertz CT molecular complexity index is 682. The van der Waals surface area contributed by atoms with Crippen molar-refractivity contribution < 1.29 is 14.2 Å². The van der Waals surface area contributed by atoms with Crippen LogP contribution in [0.1, 0.15) is 22.1 Å². The molecular formula is C12H13N5O4. The molecule has 21 heavy (non-hydrogen) atoms. The van der Waals surface area contributed by atoms with E-state index in [-0.39, 0.29) is 22.8 Å². The van der Waals surface area contributed by atoms with E-state index in [0.717, 1.165) is 0 Å². The van der Waals surface area contributed by atoms with Crippen molar-refractivity contribution in [3.63, 3.8) is 0 Å². The van der Waals surface area contributed by atoms with Crippen LogP contribution in [0.15, 0.2) is 22.7 Å².